The van der Waals surface area contributed by atoms with Crippen LogP contribution in [0.5, 0.6) is 0 Å². The summed E-state index contributed by atoms with van der Waals surface area (Å²) in [7, 11) is 0. The predicted molar refractivity (Wildman–Crippen MR) is 104 cm³/mol. The summed E-state index contributed by atoms with van der Waals surface area (Å²) in [5.74, 6) is 1.22. The third kappa shape index (κ3) is 8.08. The van der Waals surface area contributed by atoms with Crippen molar-refractivity contribution in [2.24, 2.45) is 4.99 Å². The molecule has 6 nitrogen and oxygen atoms in total. The molecule has 1 amide bonds. The summed E-state index contributed by atoms with van der Waals surface area (Å²) in [6, 6.07) is 0. The number of carbonyl (C=O) groups excluding carboxylic acids is 1. The van der Waals surface area contributed by atoms with Gasteiger partial charge in [-0.25, -0.2) is 0 Å². The van der Waals surface area contributed by atoms with Gasteiger partial charge in [0.05, 0.1) is 0 Å². The van der Waals surface area contributed by atoms with Crippen LogP contribution in [0.25, 0.3) is 0 Å². The van der Waals surface area contributed by atoms with Gasteiger partial charge in [-0.15, -0.1) is 0 Å². The Morgan fingerprint density at radius 1 is 1.00 bits per heavy atom. The molecule has 6 heteroatoms. The summed E-state index contributed by atoms with van der Waals surface area (Å²) >= 11 is 0. The minimum atomic E-state index is 0.308. The van der Waals surface area contributed by atoms with Crippen molar-refractivity contribution in [3.63, 3.8) is 0 Å². The van der Waals surface area contributed by atoms with E-state index in [1.807, 2.05) is 4.90 Å². The number of guanidine groups is 1. The number of amides is 1. The highest BCUT2D eigenvalue weighted by Crippen LogP contribution is 2.10. The van der Waals surface area contributed by atoms with Crippen molar-refractivity contribution in [3.05, 3.63) is 0 Å². The summed E-state index contributed by atoms with van der Waals surface area (Å²) in [5.41, 5.74) is 0. The van der Waals surface area contributed by atoms with Gasteiger partial charge in [-0.05, 0) is 58.7 Å². The molecule has 0 aromatic rings. The van der Waals surface area contributed by atoms with Gasteiger partial charge in [0.15, 0.2) is 5.96 Å². The lowest BCUT2D eigenvalue weighted by molar-refractivity contribution is -0.127. The van der Waals surface area contributed by atoms with Gasteiger partial charge >= 0.3 is 0 Å². The number of rotatable bonds is 9. The number of likely N-dealkylation sites (tertiary alicyclic amines) is 2. The Labute approximate surface area is 153 Å². The summed E-state index contributed by atoms with van der Waals surface area (Å²) in [5, 5.41) is 6.76. The summed E-state index contributed by atoms with van der Waals surface area (Å²) in [4.78, 5) is 20.8. The minimum Gasteiger partial charge on any atom is -0.357 e. The summed E-state index contributed by atoms with van der Waals surface area (Å²) < 4.78 is 0. The SMILES string of the molecule is CCNC(=NCCCN1CCCC1=O)NCCCN1CCCCCC1. The van der Waals surface area contributed by atoms with Crippen LogP contribution in [0, 0.1) is 0 Å². The Balaban J connectivity index is 1.59. The van der Waals surface area contributed by atoms with E-state index in [2.05, 4.69) is 27.4 Å². The molecule has 0 unspecified atom stereocenters. The Kier molecular flexibility index (Phi) is 9.70. The van der Waals surface area contributed by atoms with Crippen molar-refractivity contribution in [2.45, 2.75) is 58.3 Å². The molecule has 0 aromatic heterocycles. The van der Waals surface area contributed by atoms with Gasteiger partial charge in [-0.2, -0.15) is 0 Å². The second-order valence-corrected chi connectivity index (χ2v) is 7.13. The van der Waals surface area contributed by atoms with E-state index in [1.54, 1.807) is 0 Å². The molecular weight excluding hydrogens is 314 g/mol. The first-order chi connectivity index (χ1) is 12.3. The highest BCUT2D eigenvalue weighted by molar-refractivity contribution is 5.79. The van der Waals surface area contributed by atoms with Crippen LogP contribution < -0.4 is 10.6 Å². The number of nitrogens with one attached hydrogen (secondary N) is 2. The lowest BCUT2D eigenvalue weighted by Gasteiger charge is -2.20. The normalized spacial score (nSPS) is 20.0. The Hall–Kier alpha value is -1.30. The fourth-order valence-electron chi connectivity index (χ4n) is 3.60. The zero-order valence-electron chi connectivity index (χ0n) is 16.1. The minimum absolute atomic E-state index is 0.308. The van der Waals surface area contributed by atoms with E-state index < -0.39 is 0 Å². The molecule has 25 heavy (non-hydrogen) atoms. The Morgan fingerprint density at radius 2 is 1.80 bits per heavy atom. The van der Waals surface area contributed by atoms with E-state index in [9.17, 15) is 4.79 Å². The molecule has 0 saturated carbocycles. The maximum atomic E-state index is 11.6. The van der Waals surface area contributed by atoms with Gasteiger partial charge in [0.25, 0.3) is 0 Å². The predicted octanol–water partition coefficient (Wildman–Crippen LogP) is 1.82. The van der Waals surface area contributed by atoms with Crippen LogP contribution in [0.3, 0.4) is 0 Å². The molecule has 0 radical (unpaired) electrons. The summed E-state index contributed by atoms with van der Waals surface area (Å²) in [6.45, 7) is 10.2. The molecule has 0 bridgehead atoms. The van der Waals surface area contributed by atoms with Gasteiger partial charge in [-0.3, -0.25) is 9.79 Å². The van der Waals surface area contributed by atoms with Crippen LogP contribution in [0.4, 0.5) is 0 Å². The van der Waals surface area contributed by atoms with Gasteiger partial charge < -0.3 is 20.4 Å². The van der Waals surface area contributed by atoms with Crippen molar-refractivity contribution in [1.82, 2.24) is 20.4 Å². The molecule has 2 aliphatic rings. The molecule has 2 saturated heterocycles. The van der Waals surface area contributed by atoms with Crippen LogP contribution in [-0.2, 0) is 4.79 Å². The molecular formula is C19H37N5O. The lowest BCUT2D eigenvalue weighted by atomic mass is 10.2. The van der Waals surface area contributed by atoms with Crippen LogP contribution in [0.2, 0.25) is 0 Å². The molecule has 2 N–H and O–H groups in total. The first-order valence-corrected chi connectivity index (χ1v) is 10.3. The van der Waals surface area contributed by atoms with E-state index in [0.29, 0.717) is 5.91 Å². The number of hydrogen-bond acceptors (Lipinski definition) is 3. The molecule has 0 aromatic carbocycles. The smallest absolute Gasteiger partial charge is 0.222 e. The third-order valence-corrected chi connectivity index (χ3v) is 5.01. The first-order valence-electron chi connectivity index (χ1n) is 10.3. The first kappa shape index (κ1) is 20.0. The van der Waals surface area contributed by atoms with Crippen LogP contribution >= 0.6 is 0 Å². The molecule has 0 aliphatic carbocycles. The van der Waals surface area contributed by atoms with Crippen molar-refractivity contribution in [3.8, 4) is 0 Å². The largest absolute Gasteiger partial charge is 0.357 e. The van der Waals surface area contributed by atoms with E-state index in [4.69, 9.17) is 0 Å². The van der Waals surface area contributed by atoms with Gasteiger partial charge in [-0.1, -0.05) is 12.8 Å². The highest BCUT2D eigenvalue weighted by Gasteiger charge is 2.18. The standard InChI is InChI=1S/C19H37N5O/c1-2-20-19(22-12-9-17-24-16-7-10-18(24)25)21-11-8-15-23-13-5-3-4-6-14-23/h2-17H2,1H3,(H2,20,21,22). The topological polar surface area (TPSA) is 60.0 Å². The van der Waals surface area contributed by atoms with E-state index in [1.165, 1.54) is 45.3 Å². The van der Waals surface area contributed by atoms with E-state index >= 15 is 0 Å². The number of nitrogens with zero attached hydrogens (tertiary/aromatic N) is 3. The molecule has 0 atom stereocenters. The monoisotopic (exact) mass is 351 g/mol. The molecule has 144 valence electrons. The van der Waals surface area contributed by atoms with Gasteiger partial charge in [0.1, 0.15) is 0 Å². The second-order valence-electron chi connectivity index (χ2n) is 7.13. The van der Waals surface area contributed by atoms with Crippen molar-refractivity contribution in [2.75, 3.05) is 52.4 Å². The van der Waals surface area contributed by atoms with Crippen LogP contribution in [-0.4, -0.2) is 74.0 Å². The maximum Gasteiger partial charge on any atom is 0.222 e. The van der Waals surface area contributed by atoms with Crippen molar-refractivity contribution >= 4 is 11.9 Å². The average molecular weight is 352 g/mol. The third-order valence-electron chi connectivity index (χ3n) is 5.01. The van der Waals surface area contributed by atoms with E-state index in [0.717, 1.165) is 64.4 Å². The van der Waals surface area contributed by atoms with Gasteiger partial charge in [0.2, 0.25) is 5.91 Å². The summed E-state index contributed by atoms with van der Waals surface area (Å²) in [6.07, 6.45) is 9.36. The lowest BCUT2D eigenvalue weighted by Crippen LogP contribution is -2.39. The quantitative estimate of drug-likeness (QED) is 0.378. The van der Waals surface area contributed by atoms with E-state index in [-0.39, 0.29) is 0 Å². The molecule has 2 rings (SSSR count). The zero-order valence-corrected chi connectivity index (χ0v) is 16.1. The molecule has 2 heterocycles. The molecule has 2 fully saturated rings. The number of aliphatic imine (C=N–C) groups is 1. The molecule has 0 spiro atoms. The zero-order chi connectivity index (χ0) is 17.7. The average Bonchev–Trinajstić information content (AvgIpc) is 2.85. The van der Waals surface area contributed by atoms with Crippen LogP contribution in [0.1, 0.15) is 58.3 Å². The van der Waals surface area contributed by atoms with Crippen LogP contribution in [0.15, 0.2) is 4.99 Å². The number of carbonyl (C=O) groups is 1. The maximum absolute atomic E-state index is 11.6. The fraction of sp³-hybridized carbons (Fsp3) is 0.895. The Bertz CT molecular complexity index is 405. The molecule has 2 aliphatic heterocycles. The Morgan fingerprint density at radius 3 is 2.48 bits per heavy atom. The second kappa shape index (κ2) is 12.1. The van der Waals surface area contributed by atoms with Crippen molar-refractivity contribution < 1.29 is 4.79 Å². The van der Waals surface area contributed by atoms with Crippen molar-refractivity contribution in [1.29, 1.82) is 0 Å². The van der Waals surface area contributed by atoms with Gasteiger partial charge in [0, 0.05) is 39.1 Å². The number of hydrogen-bond donors (Lipinski definition) is 2. The highest BCUT2D eigenvalue weighted by atomic mass is 16.2. The fourth-order valence-corrected chi connectivity index (χ4v) is 3.60.